The van der Waals surface area contributed by atoms with Gasteiger partial charge < -0.3 is 15.4 Å². The van der Waals surface area contributed by atoms with Gasteiger partial charge in [0.25, 0.3) is 11.8 Å². The summed E-state index contributed by atoms with van der Waals surface area (Å²) in [5, 5.41) is 15.1. The number of amides is 2. The van der Waals surface area contributed by atoms with E-state index >= 15 is 0 Å². The SMILES string of the molecule is Cc1ccc(NC(=O)COc2ccccc2/C=C(/C#N)C(=O)NC2CCCC2)cc1. The molecular formula is C24H25N3O3. The molecule has 0 atom stereocenters. The number of benzene rings is 2. The number of carbonyl (C=O) groups is 2. The number of para-hydroxylation sites is 1. The molecule has 2 aromatic carbocycles. The minimum absolute atomic E-state index is 0.0158. The minimum Gasteiger partial charge on any atom is -0.483 e. The number of rotatable bonds is 7. The van der Waals surface area contributed by atoms with E-state index in [4.69, 9.17) is 4.74 Å². The van der Waals surface area contributed by atoms with Crippen molar-refractivity contribution < 1.29 is 14.3 Å². The van der Waals surface area contributed by atoms with Crippen LogP contribution in [0.2, 0.25) is 0 Å². The Kier molecular flexibility index (Phi) is 7.23. The number of aryl methyl sites for hydroxylation is 1. The molecule has 0 aliphatic heterocycles. The molecule has 1 aliphatic rings. The van der Waals surface area contributed by atoms with Crippen LogP contribution < -0.4 is 15.4 Å². The predicted molar refractivity (Wildman–Crippen MR) is 116 cm³/mol. The van der Waals surface area contributed by atoms with Crippen LogP contribution in [0.15, 0.2) is 54.1 Å². The molecule has 2 N–H and O–H groups in total. The van der Waals surface area contributed by atoms with Gasteiger partial charge in [-0.05, 0) is 44.0 Å². The van der Waals surface area contributed by atoms with Gasteiger partial charge in [0.15, 0.2) is 6.61 Å². The van der Waals surface area contributed by atoms with E-state index in [1.165, 1.54) is 6.08 Å². The number of nitrogens with one attached hydrogen (secondary N) is 2. The van der Waals surface area contributed by atoms with E-state index in [2.05, 4.69) is 10.6 Å². The number of carbonyl (C=O) groups excluding carboxylic acids is 2. The summed E-state index contributed by atoms with van der Waals surface area (Å²) in [6.07, 6.45) is 5.58. The van der Waals surface area contributed by atoms with Gasteiger partial charge >= 0.3 is 0 Å². The third kappa shape index (κ3) is 5.95. The van der Waals surface area contributed by atoms with Gasteiger partial charge in [0.2, 0.25) is 0 Å². The zero-order valence-corrected chi connectivity index (χ0v) is 17.0. The zero-order valence-electron chi connectivity index (χ0n) is 17.0. The molecule has 0 saturated heterocycles. The predicted octanol–water partition coefficient (Wildman–Crippen LogP) is 3.98. The van der Waals surface area contributed by atoms with E-state index in [0.29, 0.717) is 17.0 Å². The summed E-state index contributed by atoms with van der Waals surface area (Å²) in [6, 6.07) is 16.6. The summed E-state index contributed by atoms with van der Waals surface area (Å²) in [6.45, 7) is 1.79. The van der Waals surface area contributed by atoms with Crippen LogP contribution in [0.4, 0.5) is 5.69 Å². The third-order valence-electron chi connectivity index (χ3n) is 4.97. The fourth-order valence-corrected chi connectivity index (χ4v) is 3.35. The van der Waals surface area contributed by atoms with Crippen molar-refractivity contribution in [1.29, 1.82) is 5.26 Å². The second kappa shape index (κ2) is 10.3. The molecule has 0 spiro atoms. The Hall–Kier alpha value is -3.59. The van der Waals surface area contributed by atoms with Crippen molar-refractivity contribution in [2.75, 3.05) is 11.9 Å². The fraction of sp³-hybridized carbons (Fsp3) is 0.292. The maximum absolute atomic E-state index is 12.4. The highest BCUT2D eigenvalue weighted by Gasteiger charge is 2.19. The summed E-state index contributed by atoms with van der Waals surface area (Å²) in [5.41, 5.74) is 2.38. The molecule has 154 valence electrons. The quantitative estimate of drug-likeness (QED) is 0.540. The number of ether oxygens (including phenoxy) is 1. The topological polar surface area (TPSA) is 91.2 Å². The van der Waals surface area contributed by atoms with Crippen LogP contribution in [0.25, 0.3) is 6.08 Å². The van der Waals surface area contributed by atoms with E-state index in [1.807, 2.05) is 37.3 Å². The Morgan fingerprint density at radius 3 is 2.53 bits per heavy atom. The molecular weight excluding hydrogens is 378 g/mol. The molecule has 1 aliphatic carbocycles. The maximum atomic E-state index is 12.4. The van der Waals surface area contributed by atoms with Crippen molar-refractivity contribution in [2.45, 2.75) is 38.6 Å². The van der Waals surface area contributed by atoms with Gasteiger partial charge in [0.1, 0.15) is 17.4 Å². The third-order valence-corrected chi connectivity index (χ3v) is 4.97. The average Bonchev–Trinajstić information content (AvgIpc) is 3.25. The fourth-order valence-electron chi connectivity index (χ4n) is 3.35. The normalized spacial score (nSPS) is 14.1. The van der Waals surface area contributed by atoms with E-state index in [-0.39, 0.29) is 30.0 Å². The summed E-state index contributed by atoms with van der Waals surface area (Å²) in [5.74, 6) is -0.244. The Morgan fingerprint density at radius 1 is 1.13 bits per heavy atom. The lowest BCUT2D eigenvalue weighted by atomic mass is 10.1. The Bertz CT molecular complexity index is 968. The summed E-state index contributed by atoms with van der Waals surface area (Å²) in [4.78, 5) is 24.6. The van der Waals surface area contributed by atoms with Crippen molar-refractivity contribution in [1.82, 2.24) is 5.32 Å². The summed E-state index contributed by atoms with van der Waals surface area (Å²) < 4.78 is 5.66. The number of anilines is 1. The second-order valence-corrected chi connectivity index (χ2v) is 7.37. The number of hydrogen-bond donors (Lipinski definition) is 2. The summed E-state index contributed by atoms with van der Waals surface area (Å²) >= 11 is 0. The highest BCUT2D eigenvalue weighted by atomic mass is 16.5. The molecule has 0 bridgehead atoms. The molecule has 0 radical (unpaired) electrons. The van der Waals surface area contributed by atoms with Crippen molar-refractivity contribution >= 4 is 23.6 Å². The van der Waals surface area contributed by atoms with Crippen LogP contribution in [0, 0.1) is 18.3 Å². The lowest BCUT2D eigenvalue weighted by Gasteiger charge is -2.12. The molecule has 0 unspecified atom stereocenters. The first-order valence-corrected chi connectivity index (χ1v) is 10.1. The number of hydrogen-bond acceptors (Lipinski definition) is 4. The van der Waals surface area contributed by atoms with Crippen LogP contribution in [-0.4, -0.2) is 24.5 Å². The van der Waals surface area contributed by atoms with E-state index in [1.54, 1.807) is 24.3 Å². The van der Waals surface area contributed by atoms with Gasteiger partial charge in [-0.3, -0.25) is 9.59 Å². The van der Waals surface area contributed by atoms with Crippen LogP contribution in [-0.2, 0) is 9.59 Å². The van der Waals surface area contributed by atoms with Crippen LogP contribution in [0.3, 0.4) is 0 Å². The van der Waals surface area contributed by atoms with Crippen LogP contribution in [0.1, 0.15) is 36.8 Å². The van der Waals surface area contributed by atoms with Crippen LogP contribution >= 0.6 is 0 Å². The molecule has 2 aromatic rings. The van der Waals surface area contributed by atoms with Gasteiger partial charge in [0, 0.05) is 17.3 Å². The highest BCUT2D eigenvalue weighted by molar-refractivity contribution is 6.02. The van der Waals surface area contributed by atoms with Crippen molar-refractivity contribution in [2.24, 2.45) is 0 Å². The van der Waals surface area contributed by atoms with Gasteiger partial charge in [-0.2, -0.15) is 5.26 Å². The molecule has 2 amide bonds. The van der Waals surface area contributed by atoms with Gasteiger partial charge in [-0.1, -0.05) is 48.7 Å². The van der Waals surface area contributed by atoms with E-state index in [9.17, 15) is 14.9 Å². The first kappa shape index (κ1) is 21.1. The van der Waals surface area contributed by atoms with Gasteiger partial charge in [0.05, 0.1) is 0 Å². The number of nitriles is 1. The lowest BCUT2D eigenvalue weighted by Crippen LogP contribution is -2.33. The smallest absolute Gasteiger partial charge is 0.262 e. The van der Waals surface area contributed by atoms with Crippen molar-refractivity contribution in [3.63, 3.8) is 0 Å². The molecule has 0 aromatic heterocycles. The second-order valence-electron chi connectivity index (χ2n) is 7.37. The van der Waals surface area contributed by atoms with E-state index < -0.39 is 0 Å². The standard InChI is InChI=1S/C24H25N3O3/c1-17-10-12-21(13-11-17)26-23(28)16-30-22-9-5-2-6-18(22)14-19(15-25)24(29)27-20-7-3-4-8-20/h2,5-6,9-14,20H,3-4,7-8,16H2,1H3,(H,26,28)(H,27,29)/b19-14-. The van der Waals surface area contributed by atoms with Gasteiger partial charge in [-0.25, -0.2) is 0 Å². The molecule has 30 heavy (non-hydrogen) atoms. The monoisotopic (exact) mass is 403 g/mol. The average molecular weight is 403 g/mol. The van der Waals surface area contributed by atoms with Crippen molar-refractivity contribution in [3.8, 4) is 11.8 Å². The Morgan fingerprint density at radius 2 is 1.83 bits per heavy atom. The molecule has 1 fully saturated rings. The maximum Gasteiger partial charge on any atom is 0.262 e. The first-order chi connectivity index (χ1) is 14.5. The molecule has 6 heteroatoms. The molecule has 0 heterocycles. The summed E-state index contributed by atoms with van der Waals surface area (Å²) in [7, 11) is 0. The highest BCUT2D eigenvalue weighted by Crippen LogP contribution is 2.22. The Labute approximate surface area is 176 Å². The molecule has 3 rings (SSSR count). The largest absolute Gasteiger partial charge is 0.483 e. The molecule has 6 nitrogen and oxygen atoms in total. The van der Waals surface area contributed by atoms with Crippen molar-refractivity contribution in [3.05, 3.63) is 65.2 Å². The zero-order chi connectivity index (χ0) is 21.3. The van der Waals surface area contributed by atoms with Gasteiger partial charge in [-0.15, -0.1) is 0 Å². The lowest BCUT2D eigenvalue weighted by molar-refractivity contribution is -0.118. The van der Waals surface area contributed by atoms with E-state index in [0.717, 1.165) is 31.2 Å². The van der Waals surface area contributed by atoms with Crippen LogP contribution in [0.5, 0.6) is 5.75 Å². The first-order valence-electron chi connectivity index (χ1n) is 10.1. The molecule has 1 saturated carbocycles. The minimum atomic E-state index is -0.378. The number of nitrogens with zero attached hydrogens (tertiary/aromatic N) is 1. The Balaban J connectivity index is 1.64.